The highest BCUT2D eigenvalue weighted by Gasteiger charge is 2.14. The van der Waals surface area contributed by atoms with Gasteiger partial charge in [-0.3, -0.25) is 9.59 Å². The van der Waals surface area contributed by atoms with Gasteiger partial charge in [0.2, 0.25) is 11.8 Å². The second kappa shape index (κ2) is 6.73. The molecule has 1 aromatic rings. The first kappa shape index (κ1) is 14.1. The molecule has 100 valence electrons. The molecule has 1 atom stereocenters. The first-order valence-electron chi connectivity index (χ1n) is 5.86. The van der Waals surface area contributed by atoms with Crippen molar-refractivity contribution >= 4 is 11.9 Å². The van der Waals surface area contributed by atoms with Crippen molar-refractivity contribution in [2.24, 2.45) is 0 Å². The lowest BCUT2D eigenvalue weighted by molar-refractivity contribution is -0.141. The number of amides is 1. The third-order valence-electron chi connectivity index (χ3n) is 2.30. The number of aryl methyl sites for hydroxylation is 2. The summed E-state index contributed by atoms with van der Waals surface area (Å²) in [5, 5.41) is 14.7. The Balaban J connectivity index is 2.35. The number of nitrogens with one attached hydrogen (secondary N) is 1. The molecule has 0 radical (unpaired) electrons. The van der Waals surface area contributed by atoms with Gasteiger partial charge in [0.25, 0.3) is 0 Å². The quantitative estimate of drug-likeness (QED) is 0.736. The predicted octanol–water partition coefficient (Wildman–Crippen LogP) is 0.544. The fourth-order valence-electron chi connectivity index (χ4n) is 1.31. The van der Waals surface area contributed by atoms with Crippen LogP contribution in [-0.4, -0.2) is 33.2 Å². The molecule has 0 aliphatic rings. The molecule has 1 amide bonds. The van der Waals surface area contributed by atoms with Crippen LogP contribution in [0.4, 0.5) is 0 Å². The van der Waals surface area contributed by atoms with E-state index in [0.717, 1.165) is 12.8 Å². The van der Waals surface area contributed by atoms with Crippen LogP contribution in [0.15, 0.2) is 4.52 Å². The first-order chi connectivity index (χ1) is 8.52. The van der Waals surface area contributed by atoms with Crippen molar-refractivity contribution in [3.63, 3.8) is 0 Å². The van der Waals surface area contributed by atoms with Gasteiger partial charge in [-0.2, -0.15) is 4.98 Å². The molecule has 7 heteroatoms. The van der Waals surface area contributed by atoms with Gasteiger partial charge in [0.05, 0.1) is 0 Å². The Morgan fingerprint density at radius 2 is 2.17 bits per heavy atom. The lowest BCUT2D eigenvalue weighted by atomic mass is 10.2. The van der Waals surface area contributed by atoms with Crippen LogP contribution in [0.3, 0.4) is 0 Å². The van der Waals surface area contributed by atoms with Crippen molar-refractivity contribution in [3.8, 4) is 0 Å². The average molecular weight is 255 g/mol. The highest BCUT2D eigenvalue weighted by molar-refractivity contribution is 5.83. The van der Waals surface area contributed by atoms with E-state index in [9.17, 15) is 9.59 Å². The summed E-state index contributed by atoms with van der Waals surface area (Å²) in [6.45, 7) is 3.42. The molecule has 18 heavy (non-hydrogen) atoms. The number of nitrogens with zero attached hydrogens (tertiary/aromatic N) is 2. The minimum absolute atomic E-state index is 0.130. The Bertz CT molecular complexity index is 416. The van der Waals surface area contributed by atoms with E-state index >= 15 is 0 Å². The largest absolute Gasteiger partial charge is 0.480 e. The molecular weight excluding hydrogens is 238 g/mol. The summed E-state index contributed by atoms with van der Waals surface area (Å²) >= 11 is 0. The van der Waals surface area contributed by atoms with Crippen LogP contribution >= 0.6 is 0 Å². The second-order valence-electron chi connectivity index (χ2n) is 3.98. The number of rotatable bonds is 7. The molecule has 1 aromatic heterocycles. The number of carboxylic acid groups (broad SMARTS) is 1. The van der Waals surface area contributed by atoms with Crippen molar-refractivity contribution in [2.75, 3.05) is 0 Å². The molecule has 7 nitrogen and oxygen atoms in total. The zero-order valence-electron chi connectivity index (χ0n) is 10.5. The van der Waals surface area contributed by atoms with E-state index in [4.69, 9.17) is 9.63 Å². The van der Waals surface area contributed by atoms with E-state index in [1.807, 2.05) is 6.92 Å². The van der Waals surface area contributed by atoms with Crippen LogP contribution in [0.2, 0.25) is 0 Å². The lowest BCUT2D eigenvalue weighted by Gasteiger charge is -2.07. The van der Waals surface area contributed by atoms with Crippen LogP contribution < -0.4 is 5.32 Å². The molecule has 0 saturated carbocycles. The lowest BCUT2D eigenvalue weighted by Crippen LogP contribution is -2.38. The number of carboxylic acids is 1. The van der Waals surface area contributed by atoms with Crippen molar-refractivity contribution in [2.45, 2.75) is 45.6 Å². The standard InChI is InChI=1S/C11H17N3O4/c1-3-4-8-13-10(18-14-8)6-5-9(15)12-7(2)11(16)17/h7H,3-6H2,1-2H3,(H,12,15)(H,16,17)/t7-/m0/s1. The summed E-state index contributed by atoms with van der Waals surface area (Å²) in [5.41, 5.74) is 0. The van der Waals surface area contributed by atoms with Gasteiger partial charge in [0, 0.05) is 19.3 Å². The van der Waals surface area contributed by atoms with Gasteiger partial charge in [-0.05, 0) is 13.3 Å². The SMILES string of the molecule is CCCc1noc(CCC(=O)N[C@@H](C)C(=O)O)n1. The van der Waals surface area contributed by atoms with Gasteiger partial charge in [-0.25, -0.2) is 0 Å². The Morgan fingerprint density at radius 3 is 2.78 bits per heavy atom. The second-order valence-corrected chi connectivity index (χ2v) is 3.98. The minimum atomic E-state index is -1.06. The van der Waals surface area contributed by atoms with E-state index in [1.54, 1.807) is 0 Å². The van der Waals surface area contributed by atoms with Crippen LogP contribution in [0.25, 0.3) is 0 Å². The molecule has 0 aromatic carbocycles. The molecule has 0 bridgehead atoms. The Labute approximate surface area is 105 Å². The minimum Gasteiger partial charge on any atom is -0.480 e. The monoisotopic (exact) mass is 255 g/mol. The van der Waals surface area contributed by atoms with E-state index in [0.29, 0.717) is 18.1 Å². The number of carbonyl (C=O) groups excluding carboxylic acids is 1. The van der Waals surface area contributed by atoms with Crippen LogP contribution in [0.5, 0.6) is 0 Å². The van der Waals surface area contributed by atoms with E-state index < -0.39 is 12.0 Å². The Hall–Kier alpha value is -1.92. The summed E-state index contributed by atoms with van der Waals surface area (Å²) in [4.78, 5) is 26.0. The number of hydrogen-bond acceptors (Lipinski definition) is 5. The third-order valence-corrected chi connectivity index (χ3v) is 2.30. The third kappa shape index (κ3) is 4.52. The molecule has 0 saturated heterocycles. The van der Waals surface area contributed by atoms with E-state index in [2.05, 4.69) is 15.5 Å². The van der Waals surface area contributed by atoms with Crippen molar-refractivity contribution in [3.05, 3.63) is 11.7 Å². The van der Waals surface area contributed by atoms with Gasteiger partial charge in [0.1, 0.15) is 6.04 Å². The predicted molar refractivity (Wildman–Crippen MR) is 61.9 cm³/mol. The maximum Gasteiger partial charge on any atom is 0.325 e. The summed E-state index contributed by atoms with van der Waals surface area (Å²) in [5.74, 6) is -0.380. The van der Waals surface area contributed by atoms with E-state index in [-0.39, 0.29) is 12.3 Å². The molecule has 1 heterocycles. The summed E-state index contributed by atoms with van der Waals surface area (Å²) < 4.78 is 4.96. The topological polar surface area (TPSA) is 105 Å². The molecular formula is C11H17N3O4. The number of carbonyl (C=O) groups is 2. The van der Waals surface area contributed by atoms with Gasteiger partial charge in [-0.15, -0.1) is 0 Å². The van der Waals surface area contributed by atoms with Crippen molar-refractivity contribution in [1.82, 2.24) is 15.5 Å². The maximum absolute atomic E-state index is 11.4. The average Bonchev–Trinajstić information content (AvgIpc) is 2.74. The van der Waals surface area contributed by atoms with Crippen molar-refractivity contribution < 1.29 is 19.2 Å². The molecule has 0 spiro atoms. The molecule has 0 aliphatic carbocycles. The fourth-order valence-corrected chi connectivity index (χ4v) is 1.31. The van der Waals surface area contributed by atoms with Crippen LogP contribution in [0.1, 0.15) is 38.4 Å². The van der Waals surface area contributed by atoms with Crippen LogP contribution in [0, 0.1) is 0 Å². The maximum atomic E-state index is 11.4. The Morgan fingerprint density at radius 1 is 1.44 bits per heavy atom. The van der Waals surface area contributed by atoms with Crippen molar-refractivity contribution in [1.29, 1.82) is 0 Å². The summed E-state index contributed by atoms with van der Waals surface area (Å²) in [6, 6.07) is -0.893. The normalized spacial score (nSPS) is 12.1. The number of hydrogen-bond donors (Lipinski definition) is 2. The zero-order chi connectivity index (χ0) is 13.5. The molecule has 2 N–H and O–H groups in total. The number of aliphatic carboxylic acids is 1. The highest BCUT2D eigenvalue weighted by Crippen LogP contribution is 2.03. The van der Waals surface area contributed by atoms with Crippen LogP contribution in [-0.2, 0) is 22.4 Å². The first-order valence-corrected chi connectivity index (χ1v) is 5.86. The highest BCUT2D eigenvalue weighted by atomic mass is 16.5. The molecule has 0 aliphatic heterocycles. The number of aromatic nitrogens is 2. The van der Waals surface area contributed by atoms with Gasteiger partial charge < -0.3 is 14.9 Å². The zero-order valence-corrected chi connectivity index (χ0v) is 10.5. The summed E-state index contributed by atoms with van der Waals surface area (Å²) in [7, 11) is 0. The Kier molecular flexibility index (Phi) is 5.29. The molecule has 0 fully saturated rings. The van der Waals surface area contributed by atoms with Gasteiger partial charge in [-0.1, -0.05) is 12.1 Å². The molecule has 1 rings (SSSR count). The van der Waals surface area contributed by atoms with Gasteiger partial charge >= 0.3 is 5.97 Å². The smallest absolute Gasteiger partial charge is 0.325 e. The van der Waals surface area contributed by atoms with Gasteiger partial charge in [0.15, 0.2) is 5.82 Å². The summed E-state index contributed by atoms with van der Waals surface area (Å²) in [6.07, 6.45) is 2.11. The molecule has 0 unspecified atom stereocenters. The fraction of sp³-hybridized carbons (Fsp3) is 0.636. The van der Waals surface area contributed by atoms with E-state index in [1.165, 1.54) is 6.92 Å².